The number of fused-ring (bicyclic) bond motifs is 2. The van der Waals surface area contributed by atoms with Crippen LogP contribution in [-0.2, 0) is 24.3 Å². The highest BCUT2D eigenvalue weighted by molar-refractivity contribution is 7.80. The minimum absolute atomic E-state index is 0.0567. The van der Waals surface area contributed by atoms with E-state index in [4.69, 9.17) is 4.55 Å². The van der Waals surface area contributed by atoms with Gasteiger partial charge in [0.05, 0.1) is 6.04 Å². The Kier molecular flexibility index (Phi) is 4.74. The molecule has 0 aromatic carbocycles. The molecule has 12 heteroatoms. The van der Waals surface area contributed by atoms with Gasteiger partial charge in [-0.1, -0.05) is 20.8 Å². The van der Waals surface area contributed by atoms with Crippen LogP contribution in [0.5, 0.6) is 0 Å². The van der Waals surface area contributed by atoms with Crippen molar-refractivity contribution in [1.29, 1.82) is 0 Å². The summed E-state index contributed by atoms with van der Waals surface area (Å²) in [5.74, 6) is -0.981. The molecule has 3 N–H and O–H groups in total. The number of carbonyl (C=O) groups is 3. The van der Waals surface area contributed by atoms with Crippen LogP contribution in [-0.4, -0.2) is 59.4 Å². The lowest BCUT2D eigenvalue weighted by atomic mass is 9.76. The second kappa shape index (κ2) is 6.18. The van der Waals surface area contributed by atoms with Crippen LogP contribution in [0.15, 0.2) is 0 Å². The molecule has 4 amide bonds. The number of carbonyl (C=O) groups excluding carboxylic acids is 3. The van der Waals surface area contributed by atoms with Gasteiger partial charge in [-0.05, 0) is 11.8 Å². The molecule has 0 unspecified atom stereocenters. The normalized spacial score (nSPS) is 25.6. The maximum absolute atomic E-state index is 12.3. The molecule has 2 fully saturated rings. The predicted molar refractivity (Wildman–Crippen MR) is 79.1 cm³/mol. The SMILES string of the molecule is CCC(=O)NNC(=O)[C@@H]1CC(C)(C)[C@@H]2CN1C(=O)N2OS(=O)(=O)O. The second-order valence-electron chi connectivity index (χ2n) is 6.38. The lowest BCUT2D eigenvalue weighted by Crippen LogP contribution is -2.57. The standard InChI is InChI=1S/C12H20N4O7S/c1-4-9(17)13-14-10(18)7-5-12(2,3)8-6-15(7)11(19)16(8)23-24(20,21)22/h7-8H,4-6H2,1-3H3,(H,13,17)(H,14,18)(H,20,21,22)/t7-,8-/m0/s1. The van der Waals surface area contributed by atoms with Gasteiger partial charge in [0.15, 0.2) is 0 Å². The highest BCUT2D eigenvalue weighted by Crippen LogP contribution is 2.42. The Balaban J connectivity index is 2.19. The predicted octanol–water partition coefficient (Wildman–Crippen LogP) is -0.817. The third kappa shape index (κ3) is 3.60. The molecule has 2 bridgehead atoms. The van der Waals surface area contributed by atoms with Gasteiger partial charge in [0, 0.05) is 13.0 Å². The Morgan fingerprint density at radius 1 is 1.38 bits per heavy atom. The summed E-state index contributed by atoms with van der Waals surface area (Å²) in [6.07, 6.45) is 0.402. The van der Waals surface area contributed by atoms with Crippen molar-refractivity contribution in [2.75, 3.05) is 6.54 Å². The Bertz CT molecular complexity index is 662. The van der Waals surface area contributed by atoms with E-state index in [0.29, 0.717) is 5.06 Å². The molecular weight excluding hydrogens is 344 g/mol. The van der Waals surface area contributed by atoms with Gasteiger partial charge in [0.2, 0.25) is 5.91 Å². The summed E-state index contributed by atoms with van der Waals surface area (Å²) in [6, 6.07) is -2.40. The molecule has 24 heavy (non-hydrogen) atoms. The number of nitrogens with zero attached hydrogens (tertiary/aromatic N) is 2. The average Bonchev–Trinajstić information content (AvgIpc) is 2.75. The summed E-state index contributed by atoms with van der Waals surface area (Å²) < 4.78 is 35.1. The molecular formula is C12H20N4O7S. The number of hydrogen-bond acceptors (Lipinski definition) is 6. The number of piperidine rings is 1. The van der Waals surface area contributed by atoms with Crippen molar-refractivity contribution in [3.63, 3.8) is 0 Å². The first-order valence-corrected chi connectivity index (χ1v) is 8.68. The van der Waals surface area contributed by atoms with Gasteiger partial charge in [-0.3, -0.25) is 25.0 Å². The molecule has 2 saturated heterocycles. The third-order valence-corrected chi connectivity index (χ3v) is 4.56. The number of hydroxylamine groups is 2. The first-order valence-electron chi connectivity index (χ1n) is 7.32. The number of urea groups is 1. The van der Waals surface area contributed by atoms with E-state index in [1.807, 2.05) is 0 Å². The monoisotopic (exact) mass is 364 g/mol. The van der Waals surface area contributed by atoms with Crippen molar-refractivity contribution in [3.8, 4) is 0 Å². The van der Waals surface area contributed by atoms with Crippen LogP contribution in [0.25, 0.3) is 0 Å². The largest absolute Gasteiger partial charge is 0.418 e. The summed E-state index contributed by atoms with van der Waals surface area (Å²) in [6.45, 7) is 5.17. The van der Waals surface area contributed by atoms with Gasteiger partial charge in [-0.15, -0.1) is 4.28 Å². The number of nitrogens with one attached hydrogen (secondary N) is 2. The molecule has 2 heterocycles. The fourth-order valence-electron chi connectivity index (χ4n) is 2.89. The van der Waals surface area contributed by atoms with E-state index in [0.717, 1.165) is 4.90 Å². The van der Waals surface area contributed by atoms with E-state index in [-0.39, 0.29) is 25.3 Å². The zero-order chi connectivity index (χ0) is 18.3. The van der Waals surface area contributed by atoms with Crippen LogP contribution in [0.3, 0.4) is 0 Å². The van der Waals surface area contributed by atoms with Crippen molar-refractivity contribution in [2.24, 2.45) is 5.41 Å². The second-order valence-corrected chi connectivity index (χ2v) is 7.38. The van der Waals surface area contributed by atoms with E-state index in [2.05, 4.69) is 15.1 Å². The van der Waals surface area contributed by atoms with Crippen molar-refractivity contribution in [1.82, 2.24) is 20.8 Å². The summed E-state index contributed by atoms with van der Waals surface area (Å²) in [7, 11) is -4.87. The number of rotatable bonds is 4. The number of hydrazine groups is 1. The molecule has 0 saturated carbocycles. The van der Waals surface area contributed by atoms with E-state index >= 15 is 0 Å². The van der Waals surface area contributed by atoms with E-state index in [9.17, 15) is 22.8 Å². The summed E-state index contributed by atoms with van der Waals surface area (Å²) >= 11 is 0. The fraction of sp³-hybridized carbons (Fsp3) is 0.750. The molecule has 2 rings (SSSR count). The quantitative estimate of drug-likeness (QED) is 0.436. The molecule has 11 nitrogen and oxygen atoms in total. The summed E-state index contributed by atoms with van der Waals surface area (Å²) in [5.41, 5.74) is 3.81. The van der Waals surface area contributed by atoms with Gasteiger partial charge < -0.3 is 4.90 Å². The van der Waals surface area contributed by atoms with Crippen molar-refractivity contribution in [2.45, 2.75) is 45.7 Å². The highest BCUT2D eigenvalue weighted by atomic mass is 32.3. The third-order valence-electron chi connectivity index (χ3n) is 4.21. The fourth-order valence-corrected chi connectivity index (χ4v) is 3.26. The number of amides is 4. The van der Waals surface area contributed by atoms with Crippen LogP contribution < -0.4 is 10.9 Å². The first kappa shape index (κ1) is 18.4. The van der Waals surface area contributed by atoms with Crippen LogP contribution in [0.4, 0.5) is 4.79 Å². The van der Waals surface area contributed by atoms with Crippen LogP contribution in [0, 0.1) is 5.41 Å². The molecule has 0 spiro atoms. The Hall–Kier alpha value is -1.92. The van der Waals surface area contributed by atoms with Gasteiger partial charge in [0.1, 0.15) is 6.04 Å². The van der Waals surface area contributed by atoms with Crippen molar-refractivity contribution in [3.05, 3.63) is 0 Å². The van der Waals surface area contributed by atoms with E-state index < -0.39 is 39.8 Å². The zero-order valence-electron chi connectivity index (χ0n) is 13.5. The minimum atomic E-state index is -4.87. The lowest BCUT2D eigenvalue weighted by Gasteiger charge is -2.40. The van der Waals surface area contributed by atoms with Crippen LogP contribution in [0.2, 0.25) is 0 Å². The Morgan fingerprint density at radius 3 is 2.54 bits per heavy atom. The van der Waals surface area contributed by atoms with E-state index in [1.54, 1.807) is 20.8 Å². The van der Waals surface area contributed by atoms with Gasteiger partial charge in [-0.2, -0.15) is 13.5 Å². The van der Waals surface area contributed by atoms with Gasteiger partial charge in [-0.25, -0.2) is 4.79 Å². The Labute approximate surface area is 139 Å². The molecule has 136 valence electrons. The van der Waals surface area contributed by atoms with Gasteiger partial charge >= 0.3 is 16.4 Å². The zero-order valence-corrected chi connectivity index (χ0v) is 14.3. The lowest BCUT2D eigenvalue weighted by molar-refractivity contribution is -0.133. The average molecular weight is 364 g/mol. The summed E-state index contributed by atoms with van der Waals surface area (Å²) in [4.78, 5) is 37.0. The molecule has 2 aliphatic heterocycles. The molecule has 0 radical (unpaired) electrons. The molecule has 2 atom stereocenters. The molecule has 2 aliphatic rings. The summed E-state index contributed by atoms with van der Waals surface area (Å²) in [5, 5.41) is 0.577. The van der Waals surface area contributed by atoms with Crippen LogP contribution in [0.1, 0.15) is 33.6 Å². The van der Waals surface area contributed by atoms with E-state index in [1.165, 1.54) is 0 Å². The van der Waals surface area contributed by atoms with Gasteiger partial charge in [0.25, 0.3) is 5.91 Å². The smallest absolute Gasteiger partial charge is 0.309 e. The van der Waals surface area contributed by atoms with Crippen LogP contribution >= 0.6 is 0 Å². The van der Waals surface area contributed by atoms with Crippen molar-refractivity contribution >= 4 is 28.2 Å². The minimum Gasteiger partial charge on any atom is -0.309 e. The molecule has 0 aliphatic carbocycles. The molecule has 0 aromatic rings. The topological polar surface area (TPSA) is 145 Å². The maximum atomic E-state index is 12.3. The number of hydrogen-bond donors (Lipinski definition) is 3. The first-order chi connectivity index (χ1) is 11.0. The Morgan fingerprint density at radius 2 is 2.00 bits per heavy atom. The van der Waals surface area contributed by atoms with Crippen molar-refractivity contribution < 1.29 is 31.6 Å². The highest BCUT2D eigenvalue weighted by Gasteiger charge is 2.56. The maximum Gasteiger partial charge on any atom is 0.418 e. The molecule has 0 aromatic heterocycles.